The molecule has 5 rings (SSSR count). The molecule has 0 bridgehead atoms. The molecule has 0 radical (unpaired) electrons. The van der Waals surface area contributed by atoms with E-state index in [0.29, 0.717) is 0 Å². The van der Waals surface area contributed by atoms with E-state index in [0.717, 1.165) is 29.0 Å². The van der Waals surface area contributed by atoms with Crippen molar-refractivity contribution >= 4 is 5.71 Å². The molecule has 2 aliphatic heterocycles. The Morgan fingerprint density at radius 2 is 1.70 bits per heavy atom. The maximum atomic E-state index is 9.63. The monoisotopic (exact) mass is 356 g/mol. The van der Waals surface area contributed by atoms with Crippen LogP contribution in [0.25, 0.3) is 0 Å². The van der Waals surface area contributed by atoms with Crippen molar-refractivity contribution in [1.82, 2.24) is 5.01 Å². The lowest BCUT2D eigenvalue weighted by atomic mass is 9.95. The summed E-state index contributed by atoms with van der Waals surface area (Å²) in [6.07, 6.45) is 0.534. The minimum Gasteiger partial charge on any atom is -0.508 e. The number of aryl methyl sites for hydroxylation is 1. The molecule has 27 heavy (non-hydrogen) atoms. The highest BCUT2D eigenvalue weighted by molar-refractivity contribution is 6.02. The van der Waals surface area contributed by atoms with Gasteiger partial charge in [0.05, 0.1) is 11.8 Å². The molecule has 3 aromatic carbocycles. The Labute approximate surface area is 158 Å². The van der Waals surface area contributed by atoms with E-state index >= 15 is 0 Å². The standard InChI is InChI=1S/C23H20N2O2/c1-15-6-8-16(9-7-15)20-14-21-19-4-2-3-5-22(19)27-23(25(21)24-20)17-10-12-18(26)13-11-17/h2-13,21,23,26H,14H2,1H3. The molecule has 0 amide bonds. The van der Waals surface area contributed by atoms with Gasteiger partial charge in [-0.3, -0.25) is 0 Å². The summed E-state index contributed by atoms with van der Waals surface area (Å²) in [6.45, 7) is 2.09. The SMILES string of the molecule is Cc1ccc(C2=NN3C(C2)c2ccccc2OC3c2ccc(O)cc2)cc1. The van der Waals surface area contributed by atoms with E-state index in [4.69, 9.17) is 9.84 Å². The van der Waals surface area contributed by atoms with Gasteiger partial charge < -0.3 is 9.84 Å². The number of benzene rings is 3. The number of hydrogen-bond donors (Lipinski definition) is 1. The fourth-order valence-corrected chi connectivity index (χ4v) is 3.81. The first-order chi connectivity index (χ1) is 13.2. The maximum Gasteiger partial charge on any atom is 0.213 e. The van der Waals surface area contributed by atoms with Crippen LogP contribution < -0.4 is 4.74 Å². The topological polar surface area (TPSA) is 45.1 Å². The number of rotatable bonds is 2. The van der Waals surface area contributed by atoms with Gasteiger partial charge in [0.1, 0.15) is 11.5 Å². The predicted octanol–water partition coefficient (Wildman–Crippen LogP) is 4.94. The van der Waals surface area contributed by atoms with E-state index in [1.165, 1.54) is 11.1 Å². The highest BCUT2D eigenvalue weighted by atomic mass is 16.5. The Bertz CT molecular complexity index is 1010. The molecular weight excluding hydrogens is 336 g/mol. The Kier molecular flexibility index (Phi) is 3.64. The lowest BCUT2D eigenvalue weighted by Gasteiger charge is -2.38. The van der Waals surface area contributed by atoms with Gasteiger partial charge in [-0.2, -0.15) is 5.10 Å². The summed E-state index contributed by atoms with van der Waals surface area (Å²) in [6, 6.07) is 24.0. The molecule has 3 aromatic rings. The zero-order valence-electron chi connectivity index (χ0n) is 15.0. The van der Waals surface area contributed by atoms with Crippen LogP contribution in [0.15, 0.2) is 77.9 Å². The van der Waals surface area contributed by atoms with Crippen LogP contribution in [-0.2, 0) is 0 Å². The first-order valence-electron chi connectivity index (χ1n) is 9.16. The Hall–Kier alpha value is -3.27. The molecule has 134 valence electrons. The summed E-state index contributed by atoms with van der Waals surface area (Å²) < 4.78 is 6.31. The zero-order chi connectivity index (χ0) is 18.4. The Balaban J connectivity index is 1.58. The zero-order valence-corrected chi connectivity index (χ0v) is 15.0. The summed E-state index contributed by atoms with van der Waals surface area (Å²) in [7, 11) is 0. The number of phenolic OH excluding ortho intramolecular Hbond substituents is 1. The molecule has 0 saturated heterocycles. The van der Waals surface area contributed by atoms with E-state index in [1.807, 2.05) is 30.3 Å². The molecule has 2 heterocycles. The second-order valence-corrected chi connectivity index (χ2v) is 7.11. The molecule has 4 nitrogen and oxygen atoms in total. The lowest BCUT2D eigenvalue weighted by Crippen LogP contribution is -2.33. The van der Waals surface area contributed by atoms with Crippen LogP contribution in [-0.4, -0.2) is 15.8 Å². The van der Waals surface area contributed by atoms with Crippen molar-refractivity contribution in [2.24, 2.45) is 5.10 Å². The molecule has 0 spiro atoms. The van der Waals surface area contributed by atoms with Gasteiger partial charge in [0.15, 0.2) is 0 Å². The normalized spacial score (nSPS) is 20.5. The van der Waals surface area contributed by atoms with Crippen molar-refractivity contribution in [1.29, 1.82) is 0 Å². The van der Waals surface area contributed by atoms with Crippen LogP contribution in [0.2, 0.25) is 0 Å². The van der Waals surface area contributed by atoms with Crippen molar-refractivity contribution in [3.8, 4) is 11.5 Å². The third kappa shape index (κ3) is 2.74. The molecule has 0 fully saturated rings. The quantitative estimate of drug-likeness (QED) is 0.707. The van der Waals surface area contributed by atoms with Gasteiger partial charge in [0, 0.05) is 17.5 Å². The average Bonchev–Trinajstić information content (AvgIpc) is 3.14. The van der Waals surface area contributed by atoms with Crippen molar-refractivity contribution < 1.29 is 9.84 Å². The van der Waals surface area contributed by atoms with Gasteiger partial charge in [-0.1, -0.05) is 48.0 Å². The van der Waals surface area contributed by atoms with E-state index < -0.39 is 0 Å². The molecule has 2 atom stereocenters. The minimum atomic E-state index is -0.312. The van der Waals surface area contributed by atoms with Gasteiger partial charge in [0.25, 0.3) is 0 Å². The largest absolute Gasteiger partial charge is 0.508 e. The van der Waals surface area contributed by atoms with Crippen LogP contribution >= 0.6 is 0 Å². The molecule has 0 aromatic heterocycles. The van der Waals surface area contributed by atoms with Crippen molar-refractivity contribution in [2.45, 2.75) is 25.6 Å². The van der Waals surface area contributed by atoms with Gasteiger partial charge in [-0.15, -0.1) is 0 Å². The van der Waals surface area contributed by atoms with Gasteiger partial charge in [-0.25, -0.2) is 5.01 Å². The number of hydrazone groups is 1. The van der Waals surface area contributed by atoms with Gasteiger partial charge >= 0.3 is 0 Å². The molecule has 4 heteroatoms. The molecule has 1 N–H and O–H groups in total. The lowest BCUT2D eigenvalue weighted by molar-refractivity contribution is -0.0190. The number of aromatic hydroxyl groups is 1. The average molecular weight is 356 g/mol. The van der Waals surface area contributed by atoms with E-state index in [-0.39, 0.29) is 18.0 Å². The summed E-state index contributed by atoms with van der Waals surface area (Å²) in [5, 5.41) is 16.6. The van der Waals surface area contributed by atoms with Gasteiger partial charge in [-0.05, 0) is 42.8 Å². The second-order valence-electron chi connectivity index (χ2n) is 7.11. The first-order valence-corrected chi connectivity index (χ1v) is 9.16. The fourth-order valence-electron chi connectivity index (χ4n) is 3.81. The number of para-hydroxylation sites is 1. The van der Waals surface area contributed by atoms with Crippen LogP contribution in [0.5, 0.6) is 11.5 Å². The molecule has 0 aliphatic carbocycles. The molecule has 0 saturated carbocycles. The Morgan fingerprint density at radius 3 is 2.48 bits per heavy atom. The van der Waals surface area contributed by atoms with E-state index in [9.17, 15) is 5.11 Å². The number of ether oxygens (including phenoxy) is 1. The van der Waals surface area contributed by atoms with Crippen molar-refractivity contribution in [2.75, 3.05) is 0 Å². The number of fused-ring (bicyclic) bond motifs is 3. The minimum absolute atomic E-state index is 0.144. The third-order valence-corrected chi connectivity index (χ3v) is 5.26. The van der Waals surface area contributed by atoms with E-state index in [1.54, 1.807) is 12.1 Å². The van der Waals surface area contributed by atoms with Crippen LogP contribution in [0, 0.1) is 6.92 Å². The maximum absolute atomic E-state index is 9.63. The molecular formula is C23H20N2O2. The fraction of sp³-hybridized carbons (Fsp3) is 0.174. The van der Waals surface area contributed by atoms with Crippen molar-refractivity contribution in [3.05, 3.63) is 95.1 Å². The third-order valence-electron chi connectivity index (χ3n) is 5.26. The van der Waals surface area contributed by atoms with Crippen molar-refractivity contribution in [3.63, 3.8) is 0 Å². The molecule has 2 aliphatic rings. The molecule has 2 unspecified atom stereocenters. The predicted molar refractivity (Wildman–Crippen MR) is 105 cm³/mol. The highest BCUT2D eigenvalue weighted by Gasteiger charge is 2.40. The summed E-state index contributed by atoms with van der Waals surface area (Å²) in [4.78, 5) is 0. The summed E-state index contributed by atoms with van der Waals surface area (Å²) in [5.74, 6) is 1.15. The number of nitrogens with zero attached hydrogens (tertiary/aromatic N) is 2. The Morgan fingerprint density at radius 1 is 0.963 bits per heavy atom. The van der Waals surface area contributed by atoms with E-state index in [2.05, 4.69) is 42.3 Å². The second kappa shape index (κ2) is 6.16. The van der Waals surface area contributed by atoms with Crippen LogP contribution in [0.3, 0.4) is 0 Å². The van der Waals surface area contributed by atoms with Gasteiger partial charge in [0.2, 0.25) is 6.23 Å². The van der Waals surface area contributed by atoms with Crippen LogP contribution in [0.1, 0.15) is 40.9 Å². The number of phenols is 1. The first kappa shape index (κ1) is 15.9. The highest BCUT2D eigenvalue weighted by Crippen LogP contribution is 2.47. The summed E-state index contributed by atoms with van der Waals surface area (Å²) in [5.41, 5.74) is 5.60. The van der Waals surface area contributed by atoms with Crippen LogP contribution in [0.4, 0.5) is 0 Å². The smallest absolute Gasteiger partial charge is 0.213 e. The number of hydrogen-bond acceptors (Lipinski definition) is 4. The summed E-state index contributed by atoms with van der Waals surface area (Å²) >= 11 is 0.